The molecular weight excluding hydrogens is 389 g/mol. The average Bonchev–Trinajstić information content (AvgIpc) is 3.36. The zero-order valence-corrected chi connectivity index (χ0v) is 15.3. The first kappa shape index (κ1) is 18.2. The van der Waals surface area contributed by atoms with Gasteiger partial charge in [0.25, 0.3) is 5.89 Å². The lowest BCUT2D eigenvalue weighted by Crippen LogP contribution is -2.03. The Kier molecular flexibility index (Phi) is 4.64. The van der Waals surface area contributed by atoms with E-state index in [9.17, 15) is 13.2 Å². The van der Waals surface area contributed by atoms with Crippen LogP contribution < -0.4 is 4.74 Å². The number of thiophene rings is 1. The molecule has 0 radical (unpaired) electrons. The largest absolute Gasteiger partial charge is 0.497 e. The summed E-state index contributed by atoms with van der Waals surface area (Å²) in [6, 6.07) is 16.9. The van der Waals surface area contributed by atoms with E-state index in [0.717, 1.165) is 0 Å². The molecule has 0 saturated carbocycles. The van der Waals surface area contributed by atoms with Crippen LogP contribution in [-0.4, -0.2) is 17.3 Å². The van der Waals surface area contributed by atoms with Gasteiger partial charge in [-0.2, -0.15) is 18.2 Å². The van der Waals surface area contributed by atoms with Crippen LogP contribution in [0.5, 0.6) is 5.75 Å². The fraction of sp³-hybridized carbons (Fsp3) is 0.100. The summed E-state index contributed by atoms with van der Waals surface area (Å²) in [7, 11) is 1.54. The lowest BCUT2D eigenvalue weighted by atomic mass is 10.1. The minimum Gasteiger partial charge on any atom is -0.497 e. The molecule has 28 heavy (non-hydrogen) atoms. The molecule has 0 spiro atoms. The number of rotatable bonds is 4. The van der Waals surface area contributed by atoms with Gasteiger partial charge in [0.05, 0.1) is 12.0 Å². The Morgan fingerprint density at radius 1 is 0.964 bits per heavy atom. The summed E-state index contributed by atoms with van der Waals surface area (Å²) in [6.07, 6.45) is -4.48. The second-order valence-electron chi connectivity index (χ2n) is 5.87. The Morgan fingerprint density at radius 2 is 1.71 bits per heavy atom. The predicted octanol–water partition coefficient (Wildman–Crippen LogP) is 6.16. The van der Waals surface area contributed by atoms with Crippen LogP contribution in [-0.2, 0) is 6.18 Å². The summed E-state index contributed by atoms with van der Waals surface area (Å²) in [5, 5.41) is 3.90. The maximum Gasteiger partial charge on any atom is 0.426 e. The van der Waals surface area contributed by atoms with Crippen molar-refractivity contribution in [3.63, 3.8) is 0 Å². The molecule has 0 atom stereocenters. The van der Waals surface area contributed by atoms with Gasteiger partial charge in [0.1, 0.15) is 10.6 Å². The van der Waals surface area contributed by atoms with Gasteiger partial charge in [-0.25, -0.2) is 0 Å². The maximum absolute atomic E-state index is 13.5. The second-order valence-corrected chi connectivity index (χ2v) is 6.92. The highest BCUT2D eigenvalue weighted by molar-refractivity contribution is 7.16. The predicted molar refractivity (Wildman–Crippen MR) is 100 cm³/mol. The Balaban J connectivity index is 1.76. The van der Waals surface area contributed by atoms with E-state index in [1.807, 2.05) is 0 Å². The number of benzene rings is 2. The monoisotopic (exact) mass is 402 g/mol. The minimum atomic E-state index is -4.48. The molecule has 2 aromatic carbocycles. The van der Waals surface area contributed by atoms with E-state index >= 15 is 0 Å². The number of hydrogen-bond acceptors (Lipinski definition) is 5. The van der Waals surface area contributed by atoms with Crippen LogP contribution in [0.15, 0.2) is 65.2 Å². The number of methoxy groups -OCH3 is 1. The summed E-state index contributed by atoms with van der Waals surface area (Å²) in [5.74, 6) is 0.929. The highest BCUT2D eigenvalue weighted by Crippen LogP contribution is 2.45. The third kappa shape index (κ3) is 3.50. The van der Waals surface area contributed by atoms with Gasteiger partial charge >= 0.3 is 6.18 Å². The van der Waals surface area contributed by atoms with E-state index in [1.165, 1.54) is 13.2 Å². The van der Waals surface area contributed by atoms with Crippen LogP contribution in [0, 0.1) is 0 Å². The maximum atomic E-state index is 13.5. The first-order valence-corrected chi connectivity index (χ1v) is 9.02. The van der Waals surface area contributed by atoms with Crippen LogP contribution in [0.3, 0.4) is 0 Å². The molecule has 4 nitrogen and oxygen atoms in total. The van der Waals surface area contributed by atoms with Crippen molar-refractivity contribution in [3.05, 3.63) is 65.5 Å². The number of aromatic nitrogens is 2. The summed E-state index contributed by atoms with van der Waals surface area (Å²) in [6.45, 7) is 0. The van der Waals surface area contributed by atoms with Gasteiger partial charge in [-0.1, -0.05) is 47.6 Å². The van der Waals surface area contributed by atoms with E-state index in [4.69, 9.17) is 9.26 Å². The minimum absolute atomic E-state index is 0.0375. The van der Waals surface area contributed by atoms with Gasteiger partial charge in [0, 0.05) is 11.1 Å². The molecule has 0 aliphatic carbocycles. The molecule has 142 valence electrons. The van der Waals surface area contributed by atoms with E-state index in [-0.39, 0.29) is 22.2 Å². The number of halogens is 3. The van der Waals surface area contributed by atoms with Crippen LogP contribution in [0.4, 0.5) is 13.2 Å². The molecular formula is C20H13F3N2O2S. The van der Waals surface area contributed by atoms with Crippen LogP contribution in [0.1, 0.15) is 4.88 Å². The fourth-order valence-electron chi connectivity index (χ4n) is 2.74. The molecule has 2 aromatic heterocycles. The van der Waals surface area contributed by atoms with Crippen molar-refractivity contribution in [1.82, 2.24) is 10.1 Å². The summed E-state index contributed by atoms with van der Waals surface area (Å²) < 4.78 is 51.0. The van der Waals surface area contributed by atoms with Gasteiger partial charge in [-0.3, -0.25) is 0 Å². The fourth-order valence-corrected chi connectivity index (χ4v) is 3.71. The Labute approximate surface area is 162 Å². The zero-order valence-electron chi connectivity index (χ0n) is 14.5. The topological polar surface area (TPSA) is 48.2 Å². The zero-order chi connectivity index (χ0) is 19.7. The molecule has 0 bridgehead atoms. The Bertz CT molecular complexity index is 1100. The first-order valence-electron chi connectivity index (χ1n) is 8.20. The van der Waals surface area contributed by atoms with Crippen LogP contribution >= 0.6 is 11.3 Å². The molecule has 8 heteroatoms. The number of alkyl halides is 3. The van der Waals surface area contributed by atoms with Crippen molar-refractivity contribution in [2.45, 2.75) is 6.18 Å². The quantitative estimate of drug-likeness (QED) is 0.410. The second kappa shape index (κ2) is 7.12. The summed E-state index contributed by atoms with van der Waals surface area (Å²) >= 11 is 0.585. The van der Waals surface area contributed by atoms with Gasteiger partial charge in [-0.05, 0) is 23.8 Å². The third-order valence-electron chi connectivity index (χ3n) is 4.04. The van der Waals surface area contributed by atoms with Gasteiger partial charge in [0.2, 0.25) is 5.82 Å². The average molecular weight is 402 g/mol. The van der Waals surface area contributed by atoms with Crippen molar-refractivity contribution in [2.75, 3.05) is 7.11 Å². The first-order chi connectivity index (χ1) is 13.5. The van der Waals surface area contributed by atoms with Crippen molar-refractivity contribution in [3.8, 4) is 39.0 Å². The molecule has 4 aromatic rings. The van der Waals surface area contributed by atoms with Crippen LogP contribution in [0.25, 0.3) is 33.3 Å². The SMILES string of the molecule is COc1cccc(-c2noc(-c3cc(-c4ccccc4)c(C(F)(F)F)s3)n2)c1. The number of ether oxygens (including phenoxy) is 1. The van der Waals surface area contributed by atoms with Crippen molar-refractivity contribution in [1.29, 1.82) is 0 Å². The highest BCUT2D eigenvalue weighted by atomic mass is 32.1. The molecule has 0 aliphatic rings. The van der Waals surface area contributed by atoms with Gasteiger partial charge in [0.15, 0.2) is 0 Å². The van der Waals surface area contributed by atoms with E-state index in [1.54, 1.807) is 54.6 Å². The Hall–Kier alpha value is -3.13. The third-order valence-corrected chi connectivity index (χ3v) is 5.21. The Morgan fingerprint density at radius 3 is 2.43 bits per heavy atom. The molecule has 0 aliphatic heterocycles. The van der Waals surface area contributed by atoms with E-state index in [2.05, 4.69) is 10.1 Å². The number of hydrogen-bond donors (Lipinski definition) is 0. The molecule has 4 rings (SSSR count). The van der Waals surface area contributed by atoms with Crippen molar-refractivity contribution >= 4 is 11.3 Å². The normalized spacial score (nSPS) is 11.6. The lowest BCUT2D eigenvalue weighted by molar-refractivity contribution is -0.133. The summed E-state index contributed by atoms with van der Waals surface area (Å²) in [5.41, 5.74) is 1.21. The molecule has 2 heterocycles. The molecule has 0 amide bonds. The number of nitrogens with zero attached hydrogens (tertiary/aromatic N) is 2. The van der Waals surface area contributed by atoms with E-state index in [0.29, 0.717) is 28.2 Å². The molecule has 0 unspecified atom stereocenters. The molecule has 0 fully saturated rings. The molecule has 0 N–H and O–H groups in total. The molecule has 0 saturated heterocycles. The lowest BCUT2D eigenvalue weighted by Gasteiger charge is -2.07. The van der Waals surface area contributed by atoms with Gasteiger partial charge in [-0.15, -0.1) is 11.3 Å². The van der Waals surface area contributed by atoms with Gasteiger partial charge < -0.3 is 9.26 Å². The van der Waals surface area contributed by atoms with E-state index < -0.39 is 11.1 Å². The smallest absolute Gasteiger partial charge is 0.426 e. The standard InChI is InChI=1S/C20H13F3N2O2S/c1-26-14-9-5-8-13(10-14)18-24-19(27-25-18)16-11-15(12-6-3-2-4-7-12)17(28-16)20(21,22)23/h2-11H,1H3. The van der Waals surface area contributed by atoms with Crippen molar-refractivity contribution < 1.29 is 22.4 Å². The summed E-state index contributed by atoms with van der Waals surface area (Å²) in [4.78, 5) is 3.82. The highest BCUT2D eigenvalue weighted by Gasteiger charge is 2.37. The van der Waals surface area contributed by atoms with Crippen molar-refractivity contribution in [2.24, 2.45) is 0 Å². The van der Waals surface area contributed by atoms with Crippen LogP contribution in [0.2, 0.25) is 0 Å².